The van der Waals surface area contributed by atoms with Crippen molar-refractivity contribution < 1.29 is 9.84 Å². The fourth-order valence-corrected chi connectivity index (χ4v) is 2.68. The maximum absolute atomic E-state index is 10.5. The van der Waals surface area contributed by atoms with E-state index in [0.717, 1.165) is 24.8 Å². The third kappa shape index (κ3) is 3.06. The van der Waals surface area contributed by atoms with Gasteiger partial charge in [0.2, 0.25) is 0 Å². The molecule has 0 spiro atoms. The van der Waals surface area contributed by atoms with E-state index in [1.807, 2.05) is 30.3 Å². The van der Waals surface area contributed by atoms with E-state index < -0.39 is 11.7 Å². The molecule has 1 N–H and O–H groups in total. The van der Waals surface area contributed by atoms with Gasteiger partial charge in [0.15, 0.2) is 5.60 Å². The van der Waals surface area contributed by atoms with Crippen molar-refractivity contribution in [2.24, 2.45) is 0 Å². The van der Waals surface area contributed by atoms with Crippen LogP contribution in [0.5, 0.6) is 0 Å². The summed E-state index contributed by atoms with van der Waals surface area (Å²) in [6.45, 7) is 4.26. The molecule has 2 heteroatoms. The maximum Gasteiger partial charge on any atom is 0.157 e. The summed E-state index contributed by atoms with van der Waals surface area (Å²) >= 11 is 0. The van der Waals surface area contributed by atoms with Gasteiger partial charge in [-0.1, -0.05) is 62.9 Å². The van der Waals surface area contributed by atoms with Crippen LogP contribution >= 0.6 is 0 Å². The molecule has 1 aliphatic rings. The predicted octanol–water partition coefficient (Wildman–Crippen LogP) is 3.64. The van der Waals surface area contributed by atoms with Crippen LogP contribution in [-0.2, 0) is 10.3 Å². The predicted molar refractivity (Wildman–Crippen MR) is 81.2 cm³/mol. The Morgan fingerprint density at radius 1 is 1.25 bits per heavy atom. The molecular weight excluding hydrogens is 248 g/mol. The molecule has 1 saturated heterocycles. The van der Waals surface area contributed by atoms with Crippen molar-refractivity contribution in [1.82, 2.24) is 0 Å². The largest absolute Gasteiger partial charge is 0.377 e. The molecule has 1 aliphatic heterocycles. The van der Waals surface area contributed by atoms with Crippen LogP contribution in [0.1, 0.15) is 51.5 Å². The summed E-state index contributed by atoms with van der Waals surface area (Å²) in [5, 5.41) is 10.5. The Balaban J connectivity index is 2.06. The third-order valence-electron chi connectivity index (χ3n) is 3.90. The van der Waals surface area contributed by atoms with Gasteiger partial charge in [0.1, 0.15) is 6.10 Å². The quantitative estimate of drug-likeness (QED) is 0.487. The number of hydrogen-bond donors (Lipinski definition) is 1. The van der Waals surface area contributed by atoms with Crippen LogP contribution in [0.2, 0.25) is 0 Å². The Kier molecular flexibility index (Phi) is 5.23. The van der Waals surface area contributed by atoms with E-state index in [-0.39, 0.29) is 6.10 Å². The average molecular weight is 272 g/mol. The van der Waals surface area contributed by atoms with Crippen molar-refractivity contribution in [2.45, 2.75) is 63.8 Å². The molecule has 1 aromatic rings. The molecule has 0 radical (unpaired) electrons. The molecule has 108 valence electrons. The molecule has 0 aromatic heterocycles. The third-order valence-corrected chi connectivity index (χ3v) is 3.90. The zero-order valence-electron chi connectivity index (χ0n) is 12.4. The highest BCUT2D eigenvalue weighted by Crippen LogP contribution is 2.50. The zero-order chi connectivity index (χ0) is 14.4. The van der Waals surface area contributed by atoms with Gasteiger partial charge in [-0.25, -0.2) is 0 Å². The molecule has 0 saturated carbocycles. The Labute approximate surface area is 122 Å². The second-order valence-corrected chi connectivity index (χ2v) is 5.35. The van der Waals surface area contributed by atoms with Crippen molar-refractivity contribution in [3.05, 3.63) is 35.9 Å². The van der Waals surface area contributed by atoms with E-state index in [2.05, 4.69) is 25.7 Å². The van der Waals surface area contributed by atoms with Crippen molar-refractivity contribution in [3.8, 4) is 11.8 Å². The lowest BCUT2D eigenvalue weighted by atomic mass is 9.89. The number of ether oxygens (including phenoxy) is 1. The minimum atomic E-state index is -0.739. The zero-order valence-corrected chi connectivity index (χ0v) is 12.4. The molecule has 1 heterocycles. The summed E-state index contributed by atoms with van der Waals surface area (Å²) in [6.07, 6.45) is 4.58. The lowest BCUT2D eigenvalue weighted by Gasteiger charge is -2.16. The molecule has 3 atom stereocenters. The summed E-state index contributed by atoms with van der Waals surface area (Å²) in [6, 6.07) is 9.96. The highest BCUT2D eigenvalue weighted by Gasteiger charge is 2.61. The fourth-order valence-electron chi connectivity index (χ4n) is 2.68. The monoisotopic (exact) mass is 272 g/mol. The van der Waals surface area contributed by atoms with Gasteiger partial charge in [0.05, 0.1) is 6.10 Å². The van der Waals surface area contributed by atoms with E-state index in [4.69, 9.17) is 4.74 Å². The van der Waals surface area contributed by atoms with Crippen molar-refractivity contribution in [3.63, 3.8) is 0 Å². The molecular formula is C18H24O2. The SMILES string of the molecule is CCCCCC#C[C@H](O)[C@]1(c2ccccc2)O[C@H]1CC. The highest BCUT2D eigenvalue weighted by atomic mass is 16.6. The van der Waals surface area contributed by atoms with Crippen molar-refractivity contribution in [2.75, 3.05) is 0 Å². The summed E-state index contributed by atoms with van der Waals surface area (Å²) in [5.41, 5.74) is 0.426. The normalized spacial score (nSPS) is 25.6. The van der Waals surface area contributed by atoms with Gasteiger partial charge < -0.3 is 9.84 Å². The first-order valence-corrected chi connectivity index (χ1v) is 7.65. The number of aliphatic hydroxyl groups excluding tert-OH is 1. The Bertz CT molecular complexity index is 471. The second kappa shape index (κ2) is 6.92. The molecule has 0 amide bonds. The fraction of sp³-hybridized carbons (Fsp3) is 0.556. The first-order chi connectivity index (χ1) is 9.75. The first kappa shape index (κ1) is 15.1. The number of unbranched alkanes of at least 4 members (excludes halogenated alkanes) is 3. The molecule has 2 nitrogen and oxygen atoms in total. The molecule has 0 unspecified atom stereocenters. The second-order valence-electron chi connectivity index (χ2n) is 5.35. The summed E-state index contributed by atoms with van der Waals surface area (Å²) < 4.78 is 5.83. The standard InChI is InChI=1S/C18H24O2/c1-3-5-6-7-11-14-16(19)18(17(4-2)20-18)15-12-9-8-10-13-15/h8-10,12-13,16-17,19H,3-7H2,1-2H3/t16-,17-,18-/m0/s1. The number of rotatable bonds is 6. The van der Waals surface area contributed by atoms with Gasteiger partial charge in [-0.05, 0) is 18.4 Å². The Morgan fingerprint density at radius 3 is 2.60 bits per heavy atom. The minimum Gasteiger partial charge on any atom is -0.377 e. The van der Waals surface area contributed by atoms with Crippen LogP contribution < -0.4 is 0 Å². The van der Waals surface area contributed by atoms with Gasteiger partial charge in [-0.2, -0.15) is 0 Å². The lowest BCUT2D eigenvalue weighted by Crippen LogP contribution is -2.28. The number of aliphatic hydroxyl groups is 1. The van der Waals surface area contributed by atoms with E-state index >= 15 is 0 Å². The van der Waals surface area contributed by atoms with Crippen LogP contribution in [0.4, 0.5) is 0 Å². The Morgan fingerprint density at radius 2 is 2.00 bits per heavy atom. The minimum absolute atomic E-state index is 0.0739. The van der Waals surface area contributed by atoms with Crippen LogP contribution in [0, 0.1) is 11.8 Å². The Hall–Kier alpha value is -1.30. The van der Waals surface area contributed by atoms with Gasteiger partial charge >= 0.3 is 0 Å². The molecule has 0 bridgehead atoms. The highest BCUT2D eigenvalue weighted by molar-refractivity contribution is 5.34. The summed E-state index contributed by atoms with van der Waals surface area (Å²) in [4.78, 5) is 0. The molecule has 2 rings (SSSR count). The van der Waals surface area contributed by atoms with Crippen molar-refractivity contribution >= 4 is 0 Å². The molecule has 1 aromatic carbocycles. The van der Waals surface area contributed by atoms with Crippen LogP contribution in [0.15, 0.2) is 30.3 Å². The van der Waals surface area contributed by atoms with Gasteiger partial charge in [-0.15, -0.1) is 5.92 Å². The average Bonchev–Trinajstić information content (AvgIpc) is 3.24. The van der Waals surface area contributed by atoms with Gasteiger partial charge in [0, 0.05) is 6.42 Å². The topological polar surface area (TPSA) is 32.8 Å². The molecule has 20 heavy (non-hydrogen) atoms. The maximum atomic E-state index is 10.5. The number of epoxide rings is 1. The van der Waals surface area contributed by atoms with E-state index in [1.165, 1.54) is 12.8 Å². The summed E-state index contributed by atoms with van der Waals surface area (Å²) in [7, 11) is 0. The number of hydrogen-bond acceptors (Lipinski definition) is 2. The van der Waals surface area contributed by atoms with Crippen LogP contribution in [-0.4, -0.2) is 17.3 Å². The van der Waals surface area contributed by atoms with Crippen molar-refractivity contribution in [1.29, 1.82) is 0 Å². The molecule has 1 fully saturated rings. The summed E-state index contributed by atoms with van der Waals surface area (Å²) in [5.74, 6) is 6.09. The molecule has 0 aliphatic carbocycles. The van der Waals surface area contributed by atoms with Gasteiger partial charge in [-0.3, -0.25) is 0 Å². The van der Waals surface area contributed by atoms with E-state index in [0.29, 0.717) is 0 Å². The van der Waals surface area contributed by atoms with E-state index in [1.54, 1.807) is 0 Å². The van der Waals surface area contributed by atoms with E-state index in [9.17, 15) is 5.11 Å². The lowest BCUT2D eigenvalue weighted by molar-refractivity contribution is 0.119. The number of benzene rings is 1. The van der Waals surface area contributed by atoms with Crippen LogP contribution in [0.3, 0.4) is 0 Å². The first-order valence-electron chi connectivity index (χ1n) is 7.65. The van der Waals surface area contributed by atoms with Gasteiger partial charge in [0.25, 0.3) is 0 Å². The van der Waals surface area contributed by atoms with Crippen LogP contribution in [0.25, 0.3) is 0 Å². The smallest absolute Gasteiger partial charge is 0.157 e.